The normalized spacial score (nSPS) is 11.5. The number of rotatable bonds is 3. The Bertz CT molecular complexity index is 486. The maximum absolute atomic E-state index is 2.28. The SMILES string of the molecule is Cc1cccc(C(C)(C)Sc2ccccc2)c1. The summed E-state index contributed by atoms with van der Waals surface area (Å²) in [6, 6.07) is 19.3. The van der Waals surface area contributed by atoms with Gasteiger partial charge in [-0.05, 0) is 38.5 Å². The average Bonchev–Trinajstić information content (AvgIpc) is 2.30. The predicted octanol–water partition coefficient (Wildman–Crippen LogP) is 5.02. The molecule has 2 rings (SSSR count). The first-order valence-corrected chi connectivity index (χ1v) is 6.71. The summed E-state index contributed by atoms with van der Waals surface area (Å²) in [5.74, 6) is 0. The fraction of sp³-hybridized carbons (Fsp3) is 0.250. The summed E-state index contributed by atoms with van der Waals surface area (Å²) >= 11 is 1.91. The third kappa shape index (κ3) is 3.13. The smallest absolute Gasteiger partial charge is 0.0399 e. The third-order valence-electron chi connectivity index (χ3n) is 2.83. The molecule has 0 saturated heterocycles. The van der Waals surface area contributed by atoms with Gasteiger partial charge in [0.2, 0.25) is 0 Å². The minimum Gasteiger partial charge on any atom is -0.115 e. The fourth-order valence-electron chi connectivity index (χ4n) is 1.86. The summed E-state index contributed by atoms with van der Waals surface area (Å²) in [5.41, 5.74) is 2.70. The van der Waals surface area contributed by atoms with E-state index in [1.54, 1.807) is 0 Å². The van der Waals surface area contributed by atoms with Crippen molar-refractivity contribution in [1.82, 2.24) is 0 Å². The second-order valence-corrected chi connectivity index (χ2v) is 6.49. The van der Waals surface area contributed by atoms with Crippen LogP contribution in [0.3, 0.4) is 0 Å². The van der Waals surface area contributed by atoms with Crippen molar-refractivity contribution in [3.63, 3.8) is 0 Å². The fourth-order valence-corrected chi connectivity index (χ4v) is 2.99. The summed E-state index contributed by atoms with van der Waals surface area (Å²) in [6.45, 7) is 6.70. The third-order valence-corrected chi connectivity index (χ3v) is 4.08. The molecule has 0 saturated carbocycles. The first-order valence-electron chi connectivity index (χ1n) is 5.89. The Kier molecular flexibility index (Phi) is 3.58. The highest BCUT2D eigenvalue weighted by Crippen LogP contribution is 2.40. The van der Waals surface area contributed by atoms with Crippen LogP contribution in [-0.2, 0) is 4.75 Å². The summed E-state index contributed by atoms with van der Waals surface area (Å²) < 4.78 is 0.105. The van der Waals surface area contributed by atoms with Gasteiger partial charge in [-0.1, -0.05) is 48.0 Å². The average molecular weight is 242 g/mol. The van der Waals surface area contributed by atoms with E-state index < -0.39 is 0 Å². The van der Waals surface area contributed by atoms with Crippen LogP contribution >= 0.6 is 11.8 Å². The van der Waals surface area contributed by atoms with Gasteiger partial charge in [0.1, 0.15) is 0 Å². The van der Waals surface area contributed by atoms with Crippen LogP contribution in [0.15, 0.2) is 59.5 Å². The van der Waals surface area contributed by atoms with Crippen molar-refractivity contribution in [2.24, 2.45) is 0 Å². The molecule has 0 bridgehead atoms. The standard InChI is InChI=1S/C16H18S/c1-13-8-7-9-14(12-13)16(2,3)17-15-10-5-4-6-11-15/h4-12H,1-3H3. The van der Waals surface area contributed by atoms with Gasteiger partial charge in [-0.25, -0.2) is 0 Å². The van der Waals surface area contributed by atoms with Gasteiger partial charge in [-0.3, -0.25) is 0 Å². The summed E-state index contributed by atoms with van der Waals surface area (Å²) in [5, 5.41) is 0. The van der Waals surface area contributed by atoms with Crippen molar-refractivity contribution in [3.05, 3.63) is 65.7 Å². The van der Waals surface area contributed by atoms with Crippen LogP contribution in [0, 0.1) is 6.92 Å². The molecule has 0 radical (unpaired) electrons. The molecule has 0 heterocycles. The van der Waals surface area contributed by atoms with Crippen molar-refractivity contribution < 1.29 is 0 Å². The van der Waals surface area contributed by atoms with E-state index in [0.29, 0.717) is 0 Å². The summed E-state index contributed by atoms with van der Waals surface area (Å²) in [7, 11) is 0. The molecular weight excluding hydrogens is 224 g/mol. The molecule has 0 atom stereocenters. The van der Waals surface area contributed by atoms with Gasteiger partial charge in [0, 0.05) is 9.64 Å². The van der Waals surface area contributed by atoms with Gasteiger partial charge in [-0.2, -0.15) is 0 Å². The predicted molar refractivity (Wildman–Crippen MR) is 76.5 cm³/mol. The molecule has 0 N–H and O–H groups in total. The highest BCUT2D eigenvalue weighted by atomic mass is 32.2. The molecule has 0 nitrogen and oxygen atoms in total. The van der Waals surface area contributed by atoms with E-state index in [2.05, 4.69) is 75.4 Å². The van der Waals surface area contributed by atoms with E-state index in [4.69, 9.17) is 0 Å². The van der Waals surface area contributed by atoms with Gasteiger partial charge in [-0.15, -0.1) is 11.8 Å². The molecule has 0 aliphatic heterocycles. The zero-order valence-corrected chi connectivity index (χ0v) is 11.4. The van der Waals surface area contributed by atoms with Crippen molar-refractivity contribution in [1.29, 1.82) is 0 Å². The van der Waals surface area contributed by atoms with Crippen LogP contribution in [-0.4, -0.2) is 0 Å². The monoisotopic (exact) mass is 242 g/mol. The summed E-state index contributed by atoms with van der Waals surface area (Å²) in [6.07, 6.45) is 0. The highest BCUT2D eigenvalue weighted by Gasteiger charge is 2.21. The molecule has 2 aromatic carbocycles. The molecule has 0 aliphatic carbocycles. The lowest BCUT2D eigenvalue weighted by atomic mass is 10.0. The van der Waals surface area contributed by atoms with Gasteiger partial charge < -0.3 is 0 Å². The molecule has 0 spiro atoms. The molecule has 2 aromatic rings. The Morgan fingerprint density at radius 3 is 2.24 bits per heavy atom. The summed E-state index contributed by atoms with van der Waals surface area (Å²) in [4.78, 5) is 1.32. The lowest BCUT2D eigenvalue weighted by Gasteiger charge is -2.25. The molecule has 88 valence electrons. The van der Waals surface area contributed by atoms with E-state index >= 15 is 0 Å². The second kappa shape index (κ2) is 4.97. The largest absolute Gasteiger partial charge is 0.115 e. The topological polar surface area (TPSA) is 0 Å². The zero-order chi connectivity index (χ0) is 12.3. The number of benzene rings is 2. The van der Waals surface area contributed by atoms with Crippen LogP contribution < -0.4 is 0 Å². The molecule has 0 fully saturated rings. The first kappa shape index (κ1) is 12.3. The van der Waals surface area contributed by atoms with Crippen LogP contribution in [0.4, 0.5) is 0 Å². The van der Waals surface area contributed by atoms with E-state index in [-0.39, 0.29) is 4.75 Å². The Morgan fingerprint density at radius 2 is 1.59 bits per heavy atom. The molecule has 0 aromatic heterocycles. The number of thioether (sulfide) groups is 1. The Morgan fingerprint density at radius 1 is 0.882 bits per heavy atom. The lowest BCUT2D eigenvalue weighted by molar-refractivity contribution is 0.781. The highest BCUT2D eigenvalue weighted by molar-refractivity contribution is 8.00. The molecule has 0 amide bonds. The number of hydrogen-bond donors (Lipinski definition) is 0. The van der Waals surface area contributed by atoms with Gasteiger partial charge in [0.15, 0.2) is 0 Å². The first-order chi connectivity index (χ1) is 8.08. The van der Waals surface area contributed by atoms with E-state index in [1.165, 1.54) is 16.0 Å². The van der Waals surface area contributed by atoms with Crippen molar-refractivity contribution >= 4 is 11.8 Å². The molecule has 1 heteroatoms. The van der Waals surface area contributed by atoms with Crippen LogP contribution in [0.25, 0.3) is 0 Å². The van der Waals surface area contributed by atoms with Crippen LogP contribution in [0.1, 0.15) is 25.0 Å². The van der Waals surface area contributed by atoms with E-state index in [1.807, 2.05) is 11.8 Å². The Labute approximate surface area is 108 Å². The van der Waals surface area contributed by atoms with Crippen molar-refractivity contribution in [3.8, 4) is 0 Å². The van der Waals surface area contributed by atoms with Crippen LogP contribution in [0.2, 0.25) is 0 Å². The molecule has 17 heavy (non-hydrogen) atoms. The van der Waals surface area contributed by atoms with Gasteiger partial charge >= 0.3 is 0 Å². The van der Waals surface area contributed by atoms with Gasteiger partial charge in [0.25, 0.3) is 0 Å². The quantitative estimate of drug-likeness (QED) is 0.681. The van der Waals surface area contributed by atoms with E-state index in [9.17, 15) is 0 Å². The zero-order valence-electron chi connectivity index (χ0n) is 10.6. The molecular formula is C16H18S. The lowest BCUT2D eigenvalue weighted by Crippen LogP contribution is -2.11. The van der Waals surface area contributed by atoms with Gasteiger partial charge in [0.05, 0.1) is 0 Å². The maximum atomic E-state index is 2.28. The number of hydrogen-bond acceptors (Lipinski definition) is 1. The van der Waals surface area contributed by atoms with Crippen LogP contribution in [0.5, 0.6) is 0 Å². The Hall–Kier alpha value is -1.21. The van der Waals surface area contributed by atoms with E-state index in [0.717, 1.165) is 0 Å². The molecule has 0 unspecified atom stereocenters. The maximum Gasteiger partial charge on any atom is 0.0399 e. The minimum absolute atomic E-state index is 0.105. The molecule has 0 aliphatic rings. The van der Waals surface area contributed by atoms with Crippen molar-refractivity contribution in [2.75, 3.05) is 0 Å². The minimum atomic E-state index is 0.105. The Balaban J connectivity index is 2.25. The van der Waals surface area contributed by atoms with Crippen molar-refractivity contribution in [2.45, 2.75) is 30.4 Å². The number of aryl methyl sites for hydroxylation is 1. The second-order valence-electron chi connectivity index (χ2n) is 4.79.